The normalized spacial score (nSPS) is 25.0. The SMILES string of the molecule is C=Cc1cccc(C2(O)CC3CCCC(C2)N3C(=O)OCC2c3ccccc3-c3ccccc32)c1. The van der Waals surface area contributed by atoms with Crippen LogP contribution in [0.5, 0.6) is 0 Å². The van der Waals surface area contributed by atoms with E-state index in [-0.39, 0.29) is 24.1 Å². The lowest BCUT2D eigenvalue weighted by molar-refractivity contribution is -0.0891. The van der Waals surface area contributed by atoms with Gasteiger partial charge in [0.25, 0.3) is 0 Å². The molecule has 3 aromatic rings. The van der Waals surface area contributed by atoms with Gasteiger partial charge < -0.3 is 14.7 Å². The maximum atomic E-state index is 13.4. The van der Waals surface area contributed by atoms with Crippen molar-refractivity contribution in [2.75, 3.05) is 6.61 Å². The summed E-state index contributed by atoms with van der Waals surface area (Å²) in [5.41, 5.74) is 5.87. The minimum atomic E-state index is -0.936. The summed E-state index contributed by atoms with van der Waals surface area (Å²) in [6, 6.07) is 24.7. The van der Waals surface area contributed by atoms with Crippen LogP contribution in [0.25, 0.3) is 17.2 Å². The minimum absolute atomic E-state index is 0.0180. The summed E-state index contributed by atoms with van der Waals surface area (Å²) < 4.78 is 6.02. The minimum Gasteiger partial charge on any atom is -0.448 e. The zero-order chi connectivity index (χ0) is 24.0. The van der Waals surface area contributed by atoms with Crippen molar-refractivity contribution in [3.8, 4) is 11.1 Å². The fraction of sp³-hybridized carbons (Fsp3) is 0.323. The molecule has 3 aliphatic rings. The van der Waals surface area contributed by atoms with Gasteiger partial charge in [-0.05, 0) is 58.7 Å². The van der Waals surface area contributed by atoms with Crippen LogP contribution in [-0.4, -0.2) is 34.8 Å². The Morgan fingerprint density at radius 2 is 1.60 bits per heavy atom. The molecule has 1 amide bonds. The molecule has 4 nitrogen and oxygen atoms in total. The zero-order valence-corrected chi connectivity index (χ0v) is 19.9. The number of aliphatic hydroxyl groups is 1. The molecule has 6 rings (SSSR count). The van der Waals surface area contributed by atoms with Gasteiger partial charge in [-0.1, -0.05) is 79.4 Å². The highest BCUT2D eigenvalue weighted by Crippen LogP contribution is 2.46. The van der Waals surface area contributed by atoms with E-state index in [1.165, 1.54) is 22.3 Å². The van der Waals surface area contributed by atoms with E-state index in [2.05, 4.69) is 55.1 Å². The quantitative estimate of drug-likeness (QED) is 0.480. The summed E-state index contributed by atoms with van der Waals surface area (Å²) in [5.74, 6) is 0.0505. The van der Waals surface area contributed by atoms with Gasteiger partial charge in [0.2, 0.25) is 0 Å². The first-order chi connectivity index (χ1) is 17.1. The van der Waals surface area contributed by atoms with Gasteiger partial charge in [0.05, 0.1) is 5.60 Å². The maximum Gasteiger partial charge on any atom is 0.410 e. The lowest BCUT2D eigenvalue weighted by atomic mass is 9.72. The molecule has 1 aliphatic carbocycles. The van der Waals surface area contributed by atoms with E-state index in [9.17, 15) is 9.90 Å². The van der Waals surface area contributed by atoms with E-state index in [0.717, 1.165) is 30.4 Å². The lowest BCUT2D eigenvalue weighted by Gasteiger charge is -2.51. The Bertz CT molecular complexity index is 1220. The molecular formula is C31H31NO3. The number of rotatable bonds is 4. The first-order valence-electron chi connectivity index (χ1n) is 12.7. The largest absolute Gasteiger partial charge is 0.448 e. The average molecular weight is 466 g/mol. The van der Waals surface area contributed by atoms with Crippen LogP contribution >= 0.6 is 0 Å². The molecule has 0 saturated carbocycles. The third-order valence-electron chi connectivity index (χ3n) is 8.21. The van der Waals surface area contributed by atoms with Gasteiger partial charge in [0.15, 0.2) is 0 Å². The van der Waals surface area contributed by atoms with Gasteiger partial charge in [-0.2, -0.15) is 0 Å². The number of hydrogen-bond donors (Lipinski definition) is 1. The van der Waals surface area contributed by atoms with Crippen molar-refractivity contribution in [3.05, 3.63) is 102 Å². The Morgan fingerprint density at radius 3 is 2.23 bits per heavy atom. The van der Waals surface area contributed by atoms with Crippen LogP contribution in [0.4, 0.5) is 4.79 Å². The van der Waals surface area contributed by atoms with E-state index < -0.39 is 5.60 Å². The first kappa shape index (κ1) is 22.1. The van der Waals surface area contributed by atoms with Gasteiger partial charge >= 0.3 is 6.09 Å². The van der Waals surface area contributed by atoms with Gasteiger partial charge in [0.1, 0.15) is 6.61 Å². The van der Waals surface area contributed by atoms with E-state index in [1.54, 1.807) is 6.08 Å². The van der Waals surface area contributed by atoms with E-state index in [4.69, 9.17) is 4.74 Å². The summed E-state index contributed by atoms with van der Waals surface area (Å²) in [6.07, 6.45) is 5.49. The van der Waals surface area contributed by atoms with Crippen LogP contribution in [0.15, 0.2) is 79.4 Å². The molecule has 4 heteroatoms. The Kier molecular flexibility index (Phi) is 5.49. The fourth-order valence-corrected chi connectivity index (χ4v) is 6.59. The van der Waals surface area contributed by atoms with Crippen molar-refractivity contribution in [1.82, 2.24) is 4.90 Å². The monoisotopic (exact) mass is 465 g/mol. The number of carbonyl (C=O) groups is 1. The Labute approximate surface area is 206 Å². The molecule has 2 bridgehead atoms. The topological polar surface area (TPSA) is 49.8 Å². The lowest BCUT2D eigenvalue weighted by Crippen LogP contribution is -2.59. The van der Waals surface area contributed by atoms with Crippen molar-refractivity contribution >= 4 is 12.2 Å². The number of benzene rings is 3. The first-order valence-corrected chi connectivity index (χ1v) is 12.7. The molecule has 2 unspecified atom stereocenters. The molecule has 2 atom stereocenters. The molecule has 0 spiro atoms. The second kappa shape index (κ2) is 8.69. The summed E-state index contributed by atoms with van der Waals surface area (Å²) >= 11 is 0. The Hall–Kier alpha value is -3.37. The van der Waals surface area contributed by atoms with Gasteiger partial charge in [0, 0.05) is 30.8 Å². The highest BCUT2D eigenvalue weighted by atomic mass is 16.6. The summed E-state index contributed by atoms with van der Waals surface area (Å²) in [6.45, 7) is 4.19. The number of ether oxygens (including phenoxy) is 1. The number of amides is 1. The smallest absolute Gasteiger partial charge is 0.410 e. The molecule has 2 aliphatic heterocycles. The Balaban J connectivity index is 1.21. The molecule has 0 aromatic heterocycles. The number of piperidine rings is 2. The van der Waals surface area contributed by atoms with Crippen molar-refractivity contribution in [2.45, 2.75) is 55.7 Å². The summed E-state index contributed by atoms with van der Waals surface area (Å²) in [5, 5.41) is 11.7. The molecule has 1 N–H and O–H groups in total. The molecule has 0 radical (unpaired) electrons. The second-order valence-electron chi connectivity index (χ2n) is 10.2. The summed E-state index contributed by atoms with van der Waals surface area (Å²) in [4.78, 5) is 15.4. The molecule has 3 aromatic carbocycles. The van der Waals surface area contributed by atoms with Crippen molar-refractivity contribution in [3.63, 3.8) is 0 Å². The van der Waals surface area contributed by atoms with Crippen LogP contribution in [0.1, 0.15) is 60.3 Å². The fourth-order valence-electron chi connectivity index (χ4n) is 6.59. The molecule has 35 heavy (non-hydrogen) atoms. The molecular weight excluding hydrogens is 434 g/mol. The third kappa shape index (κ3) is 3.77. The van der Waals surface area contributed by atoms with Crippen molar-refractivity contribution < 1.29 is 14.6 Å². The van der Waals surface area contributed by atoms with Crippen LogP contribution in [-0.2, 0) is 10.3 Å². The van der Waals surface area contributed by atoms with Crippen LogP contribution in [0.3, 0.4) is 0 Å². The predicted octanol–water partition coefficient (Wildman–Crippen LogP) is 6.48. The molecule has 178 valence electrons. The van der Waals surface area contributed by atoms with E-state index in [1.807, 2.05) is 29.2 Å². The summed E-state index contributed by atoms with van der Waals surface area (Å²) in [7, 11) is 0. The number of nitrogens with zero attached hydrogens (tertiary/aromatic N) is 1. The molecule has 2 saturated heterocycles. The highest BCUT2D eigenvalue weighted by molar-refractivity contribution is 5.79. The predicted molar refractivity (Wildman–Crippen MR) is 138 cm³/mol. The number of carbonyl (C=O) groups excluding carboxylic acids is 1. The van der Waals surface area contributed by atoms with Crippen LogP contribution < -0.4 is 0 Å². The highest BCUT2D eigenvalue weighted by Gasteiger charge is 2.48. The van der Waals surface area contributed by atoms with Crippen LogP contribution in [0, 0.1) is 0 Å². The molecule has 2 heterocycles. The second-order valence-corrected chi connectivity index (χ2v) is 10.2. The van der Waals surface area contributed by atoms with Gasteiger partial charge in [-0.15, -0.1) is 0 Å². The van der Waals surface area contributed by atoms with E-state index in [0.29, 0.717) is 19.4 Å². The van der Waals surface area contributed by atoms with Gasteiger partial charge in [-0.3, -0.25) is 0 Å². The number of fused-ring (bicyclic) bond motifs is 5. The number of hydrogen-bond acceptors (Lipinski definition) is 3. The third-order valence-corrected chi connectivity index (χ3v) is 8.21. The standard InChI is InChI=1S/C31H31NO3/c1-2-21-9-7-10-22(17-21)31(34)18-23-11-8-12-24(19-31)32(23)30(33)35-20-29-27-15-5-3-13-25(27)26-14-4-6-16-28(26)29/h2-7,9-10,13-17,23-24,29,34H,1,8,11-12,18-20H2. The molecule has 2 fully saturated rings. The van der Waals surface area contributed by atoms with E-state index >= 15 is 0 Å². The average Bonchev–Trinajstić information content (AvgIpc) is 3.20. The van der Waals surface area contributed by atoms with Crippen molar-refractivity contribution in [2.24, 2.45) is 0 Å². The zero-order valence-electron chi connectivity index (χ0n) is 19.9. The van der Waals surface area contributed by atoms with Crippen molar-refractivity contribution in [1.29, 1.82) is 0 Å². The van der Waals surface area contributed by atoms with Gasteiger partial charge in [-0.25, -0.2) is 4.79 Å². The Morgan fingerprint density at radius 1 is 0.971 bits per heavy atom. The maximum absolute atomic E-state index is 13.4. The van der Waals surface area contributed by atoms with Crippen LogP contribution in [0.2, 0.25) is 0 Å².